The number of unbranched alkanes of at least 4 members (excludes halogenated alkanes) is 2. The first-order chi connectivity index (χ1) is 12.3. The van der Waals surface area contributed by atoms with Gasteiger partial charge >= 0.3 is 6.18 Å². The fourth-order valence-electron chi connectivity index (χ4n) is 2.11. The second-order valence-corrected chi connectivity index (χ2v) is 5.97. The fraction of sp³-hybridized carbons (Fsp3) is 0.353. The Morgan fingerprint density at radius 1 is 1.19 bits per heavy atom. The molecular weight excluding hydrogens is 369 g/mol. The molecule has 2 N–H and O–H groups in total. The molecule has 0 aliphatic rings. The van der Waals surface area contributed by atoms with Crippen molar-refractivity contribution in [3.05, 3.63) is 46.9 Å². The lowest BCUT2D eigenvalue weighted by atomic mass is 10.2. The lowest BCUT2D eigenvalue weighted by molar-refractivity contribution is -0.137. The van der Waals surface area contributed by atoms with Crippen molar-refractivity contribution in [1.29, 1.82) is 0 Å². The normalized spacial score (nSPS) is 11.3. The predicted octanol–water partition coefficient (Wildman–Crippen LogP) is 4.81. The number of nitrogens with one attached hydrogen (secondary N) is 2. The molecule has 0 aliphatic heterocycles. The summed E-state index contributed by atoms with van der Waals surface area (Å²) in [6.07, 6.45) is 0.979. The van der Waals surface area contributed by atoms with E-state index in [9.17, 15) is 18.0 Å². The average Bonchev–Trinajstić information content (AvgIpc) is 2.60. The number of anilines is 2. The van der Waals surface area contributed by atoms with E-state index in [0.29, 0.717) is 6.54 Å². The smallest absolute Gasteiger partial charge is 0.351 e. The molecule has 5 nitrogen and oxygen atoms in total. The van der Waals surface area contributed by atoms with E-state index in [0.717, 1.165) is 37.5 Å². The summed E-state index contributed by atoms with van der Waals surface area (Å²) in [4.78, 5) is 19.9. The lowest BCUT2D eigenvalue weighted by Gasteiger charge is -2.12. The second-order valence-electron chi connectivity index (χ2n) is 5.57. The van der Waals surface area contributed by atoms with Crippen LogP contribution in [-0.2, 0) is 6.18 Å². The summed E-state index contributed by atoms with van der Waals surface area (Å²) in [6, 6.07) is 2.93. The van der Waals surface area contributed by atoms with Gasteiger partial charge in [0.05, 0.1) is 28.7 Å². The van der Waals surface area contributed by atoms with Gasteiger partial charge in [0.2, 0.25) is 0 Å². The molecule has 1 aromatic heterocycles. The first-order valence-electron chi connectivity index (χ1n) is 8.05. The van der Waals surface area contributed by atoms with Gasteiger partial charge in [-0.3, -0.25) is 4.79 Å². The number of carbonyl (C=O) groups excluding carboxylic acids is 1. The Kier molecular flexibility index (Phi) is 6.79. The van der Waals surface area contributed by atoms with Crippen LogP contribution in [0.5, 0.6) is 0 Å². The van der Waals surface area contributed by atoms with Crippen LogP contribution in [0.2, 0.25) is 5.02 Å². The van der Waals surface area contributed by atoms with Crippen LogP contribution < -0.4 is 10.6 Å². The SMILES string of the molecule is CCCCCNC(=O)c1cnc(Nc2cc(C(F)(F)F)ccc2Cl)cn1. The zero-order valence-corrected chi connectivity index (χ0v) is 14.8. The van der Waals surface area contributed by atoms with Crippen LogP contribution in [0.3, 0.4) is 0 Å². The molecule has 1 heterocycles. The van der Waals surface area contributed by atoms with E-state index < -0.39 is 11.7 Å². The summed E-state index contributed by atoms with van der Waals surface area (Å²) in [6.45, 7) is 2.61. The van der Waals surface area contributed by atoms with Gasteiger partial charge < -0.3 is 10.6 Å². The van der Waals surface area contributed by atoms with E-state index >= 15 is 0 Å². The standard InChI is InChI=1S/C17H18ClF3N4O/c1-2-3-4-7-22-16(26)14-9-24-15(10-23-14)25-13-8-11(17(19,20)21)5-6-12(13)18/h5-6,8-10H,2-4,7H2,1H3,(H,22,26)(H,24,25). The minimum atomic E-state index is -4.48. The fourth-order valence-corrected chi connectivity index (χ4v) is 2.28. The summed E-state index contributed by atoms with van der Waals surface area (Å²) >= 11 is 5.92. The number of rotatable bonds is 7. The van der Waals surface area contributed by atoms with Gasteiger partial charge in [0, 0.05) is 6.54 Å². The largest absolute Gasteiger partial charge is 0.416 e. The Bertz CT molecular complexity index is 751. The number of aromatic nitrogens is 2. The lowest BCUT2D eigenvalue weighted by Crippen LogP contribution is -2.25. The van der Waals surface area contributed by atoms with E-state index in [1.807, 2.05) is 0 Å². The highest BCUT2D eigenvalue weighted by molar-refractivity contribution is 6.33. The van der Waals surface area contributed by atoms with Crippen LogP contribution in [0.25, 0.3) is 0 Å². The molecule has 1 aromatic carbocycles. The van der Waals surface area contributed by atoms with Crippen LogP contribution in [0.4, 0.5) is 24.7 Å². The molecule has 0 saturated heterocycles. The molecule has 0 aliphatic carbocycles. The quantitative estimate of drug-likeness (QED) is 0.670. The summed E-state index contributed by atoms with van der Waals surface area (Å²) < 4.78 is 38.4. The number of benzene rings is 1. The number of carbonyl (C=O) groups is 1. The van der Waals surface area contributed by atoms with Gasteiger partial charge in [-0.15, -0.1) is 0 Å². The van der Waals surface area contributed by atoms with E-state index in [4.69, 9.17) is 11.6 Å². The summed E-state index contributed by atoms with van der Waals surface area (Å²) in [5.41, 5.74) is -0.657. The third-order valence-electron chi connectivity index (χ3n) is 3.51. The number of halogens is 4. The minimum Gasteiger partial charge on any atom is -0.351 e. The minimum absolute atomic E-state index is 0.0487. The third-order valence-corrected chi connectivity index (χ3v) is 3.84. The average molecular weight is 387 g/mol. The van der Waals surface area contributed by atoms with Crippen molar-refractivity contribution in [1.82, 2.24) is 15.3 Å². The monoisotopic (exact) mass is 386 g/mol. The van der Waals surface area contributed by atoms with Crippen LogP contribution in [-0.4, -0.2) is 22.4 Å². The van der Waals surface area contributed by atoms with E-state index in [-0.39, 0.29) is 28.1 Å². The maximum atomic E-state index is 12.8. The van der Waals surface area contributed by atoms with Crippen LogP contribution >= 0.6 is 11.6 Å². The summed E-state index contributed by atoms with van der Waals surface area (Å²) in [5, 5.41) is 5.51. The maximum absolute atomic E-state index is 12.8. The van der Waals surface area contributed by atoms with Gasteiger partial charge in [-0.2, -0.15) is 13.2 Å². The van der Waals surface area contributed by atoms with Crippen molar-refractivity contribution in [2.24, 2.45) is 0 Å². The van der Waals surface area contributed by atoms with Crippen molar-refractivity contribution < 1.29 is 18.0 Å². The van der Waals surface area contributed by atoms with Gasteiger partial charge in [-0.1, -0.05) is 31.4 Å². The number of alkyl halides is 3. The molecule has 0 radical (unpaired) electrons. The molecule has 0 bridgehead atoms. The first-order valence-corrected chi connectivity index (χ1v) is 8.43. The third kappa shape index (κ3) is 5.59. The molecule has 0 unspecified atom stereocenters. The summed E-state index contributed by atoms with van der Waals surface area (Å²) in [5.74, 6) is -0.175. The van der Waals surface area contributed by atoms with Crippen LogP contribution in [0.15, 0.2) is 30.6 Å². The van der Waals surface area contributed by atoms with E-state index in [1.165, 1.54) is 12.4 Å². The van der Waals surface area contributed by atoms with Gasteiger partial charge in [0.15, 0.2) is 0 Å². The zero-order valence-electron chi connectivity index (χ0n) is 14.0. The highest BCUT2D eigenvalue weighted by atomic mass is 35.5. The highest BCUT2D eigenvalue weighted by Gasteiger charge is 2.31. The summed E-state index contributed by atoms with van der Waals surface area (Å²) in [7, 11) is 0. The predicted molar refractivity (Wildman–Crippen MR) is 93.6 cm³/mol. The Morgan fingerprint density at radius 3 is 2.58 bits per heavy atom. The molecule has 140 valence electrons. The number of amides is 1. The van der Waals surface area contributed by atoms with Crippen molar-refractivity contribution in [3.63, 3.8) is 0 Å². The molecule has 26 heavy (non-hydrogen) atoms. The number of hydrogen-bond donors (Lipinski definition) is 2. The second kappa shape index (κ2) is 8.84. The van der Waals surface area contributed by atoms with E-state index in [1.54, 1.807) is 0 Å². The maximum Gasteiger partial charge on any atom is 0.416 e. The highest BCUT2D eigenvalue weighted by Crippen LogP contribution is 2.34. The molecule has 1 amide bonds. The molecular formula is C17H18ClF3N4O. The Balaban J connectivity index is 2.04. The molecule has 2 rings (SSSR count). The number of hydrogen-bond acceptors (Lipinski definition) is 4. The molecule has 0 spiro atoms. The molecule has 0 atom stereocenters. The van der Waals surface area contributed by atoms with Crippen molar-refractivity contribution in [2.75, 3.05) is 11.9 Å². The van der Waals surface area contributed by atoms with Gasteiger partial charge in [0.25, 0.3) is 5.91 Å². The number of nitrogens with zero attached hydrogens (tertiary/aromatic N) is 2. The van der Waals surface area contributed by atoms with Crippen molar-refractivity contribution in [2.45, 2.75) is 32.4 Å². The molecule has 0 saturated carbocycles. The van der Waals surface area contributed by atoms with Gasteiger partial charge in [0.1, 0.15) is 11.5 Å². The van der Waals surface area contributed by atoms with E-state index in [2.05, 4.69) is 27.5 Å². The Hall–Kier alpha value is -2.35. The van der Waals surface area contributed by atoms with Crippen LogP contribution in [0.1, 0.15) is 42.2 Å². The molecule has 9 heteroatoms. The van der Waals surface area contributed by atoms with Gasteiger partial charge in [-0.05, 0) is 24.6 Å². The topological polar surface area (TPSA) is 66.9 Å². The molecule has 2 aromatic rings. The first kappa shape index (κ1) is 20.0. The van der Waals surface area contributed by atoms with Gasteiger partial charge in [-0.25, -0.2) is 9.97 Å². The van der Waals surface area contributed by atoms with Crippen LogP contribution in [0, 0.1) is 0 Å². The zero-order chi connectivity index (χ0) is 19.2. The van der Waals surface area contributed by atoms with Crippen molar-refractivity contribution >= 4 is 29.0 Å². The Morgan fingerprint density at radius 2 is 1.96 bits per heavy atom. The molecule has 0 fully saturated rings. The Labute approximate surface area is 154 Å². The van der Waals surface area contributed by atoms with Crippen molar-refractivity contribution in [3.8, 4) is 0 Å².